The summed E-state index contributed by atoms with van der Waals surface area (Å²) in [4.78, 5) is 17.2. The summed E-state index contributed by atoms with van der Waals surface area (Å²) in [5.41, 5.74) is 8.75. The van der Waals surface area contributed by atoms with Crippen LogP contribution in [-0.2, 0) is 4.74 Å². The first kappa shape index (κ1) is 18.4. The molecule has 0 radical (unpaired) electrons. The minimum Gasteiger partial charge on any atom is -0.462 e. The first-order valence-electron chi connectivity index (χ1n) is 8.22. The molecule has 2 aromatic rings. The Bertz CT molecular complexity index is 860. The predicted molar refractivity (Wildman–Crippen MR) is 100 cm³/mol. The summed E-state index contributed by atoms with van der Waals surface area (Å²) >= 11 is 0. The van der Waals surface area contributed by atoms with E-state index in [-0.39, 0.29) is 6.04 Å². The molecule has 25 heavy (non-hydrogen) atoms. The second-order valence-corrected chi connectivity index (χ2v) is 5.81. The summed E-state index contributed by atoms with van der Waals surface area (Å²) in [7, 11) is 0. The van der Waals surface area contributed by atoms with Crippen molar-refractivity contribution in [2.24, 2.45) is 5.73 Å². The molecular formula is C19H24N4O2. The fourth-order valence-corrected chi connectivity index (χ4v) is 2.65. The van der Waals surface area contributed by atoms with E-state index in [0.29, 0.717) is 28.9 Å². The molecule has 0 unspecified atom stereocenters. The highest BCUT2D eigenvalue weighted by Crippen LogP contribution is 2.28. The van der Waals surface area contributed by atoms with Crippen LogP contribution >= 0.6 is 0 Å². The van der Waals surface area contributed by atoms with Crippen molar-refractivity contribution < 1.29 is 9.53 Å². The Balaban J connectivity index is 2.85. The highest BCUT2D eigenvalue weighted by Gasteiger charge is 2.21. The van der Waals surface area contributed by atoms with Crippen molar-refractivity contribution in [1.82, 2.24) is 14.8 Å². The van der Waals surface area contributed by atoms with Gasteiger partial charge in [-0.15, -0.1) is 0 Å². The Labute approximate surface area is 147 Å². The van der Waals surface area contributed by atoms with Crippen molar-refractivity contribution in [2.45, 2.75) is 33.7 Å². The number of carbonyl (C=O) groups is 1. The van der Waals surface area contributed by atoms with Crippen molar-refractivity contribution in [3.63, 3.8) is 0 Å². The number of aryl methyl sites for hydroxylation is 1. The fourth-order valence-electron chi connectivity index (χ4n) is 2.65. The molecule has 0 aliphatic carbocycles. The average Bonchev–Trinajstić information content (AvgIpc) is 2.91. The Kier molecular flexibility index (Phi) is 5.75. The van der Waals surface area contributed by atoms with Crippen LogP contribution < -0.4 is 5.73 Å². The molecule has 0 bridgehead atoms. The first-order valence-corrected chi connectivity index (χ1v) is 8.22. The summed E-state index contributed by atoms with van der Waals surface area (Å²) in [5, 5.41) is 5.26. The number of carbonyl (C=O) groups excluding carboxylic acids is 1. The molecule has 0 saturated heterocycles. The van der Waals surface area contributed by atoms with Crippen LogP contribution in [0.25, 0.3) is 16.6 Å². The monoisotopic (exact) mass is 340 g/mol. The summed E-state index contributed by atoms with van der Waals surface area (Å²) in [6.07, 6.45) is 6.58. The Morgan fingerprint density at radius 1 is 1.48 bits per heavy atom. The van der Waals surface area contributed by atoms with Crippen LogP contribution in [0.1, 0.15) is 48.6 Å². The molecule has 0 amide bonds. The van der Waals surface area contributed by atoms with E-state index in [0.717, 1.165) is 11.3 Å². The van der Waals surface area contributed by atoms with Gasteiger partial charge in [0, 0.05) is 11.6 Å². The van der Waals surface area contributed by atoms with E-state index in [9.17, 15) is 4.79 Å². The smallest absolute Gasteiger partial charge is 0.339 e. The SMILES string of the molecule is C=C/C=C(\C=C/N)c1cc(C(=O)OCC)c2c(C)nn(C(C)C)c2n1. The van der Waals surface area contributed by atoms with Crippen LogP contribution in [0.5, 0.6) is 0 Å². The average molecular weight is 340 g/mol. The lowest BCUT2D eigenvalue weighted by molar-refractivity contribution is 0.0528. The van der Waals surface area contributed by atoms with Gasteiger partial charge in [0.1, 0.15) is 0 Å². The Morgan fingerprint density at radius 2 is 2.20 bits per heavy atom. The van der Waals surface area contributed by atoms with E-state index >= 15 is 0 Å². The molecule has 2 heterocycles. The van der Waals surface area contributed by atoms with Crippen LogP contribution in [-0.4, -0.2) is 27.3 Å². The second-order valence-electron chi connectivity index (χ2n) is 5.81. The molecule has 2 N–H and O–H groups in total. The van der Waals surface area contributed by atoms with Gasteiger partial charge in [0.2, 0.25) is 0 Å². The number of ether oxygens (including phenoxy) is 1. The molecule has 0 spiro atoms. The molecule has 0 fully saturated rings. The molecule has 0 atom stereocenters. The molecule has 0 aliphatic rings. The standard InChI is InChI=1S/C19H24N4O2/c1-6-8-14(9-10-20)16-11-15(19(24)25-7-2)17-13(5)22-23(12(3)4)18(17)21-16/h6,8-12H,1,7,20H2,2-5H3/b10-9-,14-8+. The van der Waals surface area contributed by atoms with E-state index in [1.807, 2.05) is 25.5 Å². The van der Waals surface area contributed by atoms with Crippen LogP contribution in [0.3, 0.4) is 0 Å². The number of aromatic nitrogens is 3. The topological polar surface area (TPSA) is 83.0 Å². The highest BCUT2D eigenvalue weighted by molar-refractivity contribution is 6.04. The number of esters is 1. The van der Waals surface area contributed by atoms with Crippen LogP contribution in [0.4, 0.5) is 0 Å². The number of fused-ring (bicyclic) bond motifs is 1. The number of nitrogens with zero attached hydrogens (tertiary/aromatic N) is 3. The van der Waals surface area contributed by atoms with Crippen molar-refractivity contribution in [1.29, 1.82) is 0 Å². The van der Waals surface area contributed by atoms with E-state index < -0.39 is 5.97 Å². The maximum atomic E-state index is 12.5. The second kappa shape index (κ2) is 7.79. The summed E-state index contributed by atoms with van der Waals surface area (Å²) < 4.78 is 7.04. The normalized spacial score (nSPS) is 12.3. The van der Waals surface area contributed by atoms with Crippen molar-refractivity contribution in [3.05, 3.63) is 54.0 Å². The van der Waals surface area contributed by atoms with E-state index in [1.165, 1.54) is 6.20 Å². The maximum absolute atomic E-state index is 12.5. The third kappa shape index (κ3) is 3.63. The van der Waals surface area contributed by atoms with Crippen molar-refractivity contribution in [3.8, 4) is 0 Å². The van der Waals surface area contributed by atoms with Gasteiger partial charge in [-0.3, -0.25) is 0 Å². The molecule has 2 rings (SSSR count). The van der Waals surface area contributed by atoms with Crippen LogP contribution in [0.2, 0.25) is 0 Å². The Morgan fingerprint density at radius 3 is 2.76 bits per heavy atom. The lowest BCUT2D eigenvalue weighted by Gasteiger charge is -2.10. The third-order valence-corrected chi connectivity index (χ3v) is 3.69. The van der Waals surface area contributed by atoms with Gasteiger partial charge in [-0.25, -0.2) is 14.5 Å². The summed E-state index contributed by atoms with van der Waals surface area (Å²) in [5.74, 6) is -0.391. The van der Waals surface area contributed by atoms with Gasteiger partial charge in [-0.2, -0.15) is 5.10 Å². The zero-order valence-electron chi connectivity index (χ0n) is 15.1. The third-order valence-electron chi connectivity index (χ3n) is 3.69. The van der Waals surface area contributed by atoms with Gasteiger partial charge in [0.05, 0.1) is 28.9 Å². The number of allylic oxidation sites excluding steroid dienone is 4. The Hall–Kier alpha value is -2.89. The predicted octanol–water partition coefficient (Wildman–Crippen LogP) is 3.54. The molecule has 132 valence electrons. The molecule has 0 saturated carbocycles. The zero-order valence-corrected chi connectivity index (χ0v) is 15.1. The van der Waals surface area contributed by atoms with E-state index in [2.05, 4.69) is 11.7 Å². The highest BCUT2D eigenvalue weighted by atomic mass is 16.5. The van der Waals surface area contributed by atoms with Crippen molar-refractivity contribution >= 4 is 22.6 Å². The number of hydrogen-bond donors (Lipinski definition) is 1. The lowest BCUT2D eigenvalue weighted by atomic mass is 10.1. The van der Waals surface area contributed by atoms with Gasteiger partial charge in [-0.1, -0.05) is 18.7 Å². The minimum absolute atomic E-state index is 0.103. The molecule has 6 heteroatoms. The number of hydrogen-bond acceptors (Lipinski definition) is 5. The fraction of sp³-hybridized carbons (Fsp3) is 0.316. The lowest BCUT2D eigenvalue weighted by Crippen LogP contribution is -2.09. The first-order chi connectivity index (χ1) is 11.9. The van der Waals surface area contributed by atoms with Gasteiger partial charge in [0.15, 0.2) is 5.65 Å². The number of nitrogens with two attached hydrogens (primary N) is 1. The number of rotatable bonds is 6. The van der Waals surface area contributed by atoms with E-state index in [4.69, 9.17) is 15.5 Å². The number of pyridine rings is 1. The van der Waals surface area contributed by atoms with Gasteiger partial charge in [-0.05, 0) is 46.0 Å². The molecular weight excluding hydrogens is 316 g/mol. The quantitative estimate of drug-likeness (QED) is 0.642. The van der Waals surface area contributed by atoms with Crippen LogP contribution in [0.15, 0.2) is 37.1 Å². The summed E-state index contributed by atoms with van der Waals surface area (Å²) in [6.45, 7) is 11.7. The molecule has 2 aromatic heterocycles. The molecule has 6 nitrogen and oxygen atoms in total. The molecule has 0 aliphatic heterocycles. The van der Waals surface area contributed by atoms with Crippen molar-refractivity contribution in [2.75, 3.05) is 6.61 Å². The largest absolute Gasteiger partial charge is 0.462 e. The zero-order chi connectivity index (χ0) is 18.6. The van der Waals surface area contributed by atoms with Gasteiger partial charge < -0.3 is 10.5 Å². The van der Waals surface area contributed by atoms with E-state index in [1.54, 1.807) is 31.2 Å². The minimum atomic E-state index is -0.391. The molecule has 0 aromatic carbocycles. The van der Waals surface area contributed by atoms with Crippen LogP contribution in [0, 0.1) is 6.92 Å². The van der Waals surface area contributed by atoms with Gasteiger partial charge >= 0.3 is 5.97 Å². The summed E-state index contributed by atoms with van der Waals surface area (Å²) in [6, 6.07) is 1.82. The van der Waals surface area contributed by atoms with Gasteiger partial charge in [0.25, 0.3) is 0 Å². The maximum Gasteiger partial charge on any atom is 0.339 e.